The number of nitrogens with two attached hydrogens (primary N) is 1. The molecule has 11 nitrogen and oxygen atoms in total. The molecule has 0 saturated carbocycles. The zero-order chi connectivity index (χ0) is 20.6. The van der Waals surface area contributed by atoms with Crippen molar-refractivity contribution < 1.29 is 63.7 Å². The van der Waals surface area contributed by atoms with Crippen molar-refractivity contribution in [3.8, 4) is 0 Å². The normalized spacial score (nSPS) is 21.4. The number of aliphatic hydroxyl groups excluding tert-OH is 1. The number of carboxylic acid groups (broad SMARTS) is 1. The summed E-state index contributed by atoms with van der Waals surface area (Å²) in [5, 5.41) is 24.9. The Bertz CT molecular complexity index is 890. The predicted molar refractivity (Wildman–Crippen MR) is 95.2 cm³/mol. The number of anilines is 1. The number of β-lactam (4-membered cyclic amide) rings is 1. The van der Waals surface area contributed by atoms with Crippen LogP contribution in [0, 0.1) is 0 Å². The number of nitrogens with one attached hydrogen (secondary N) is 1. The van der Waals surface area contributed by atoms with Gasteiger partial charge in [-0.15, -0.1) is 23.1 Å². The molecule has 1 unspecified atom stereocenters. The molecule has 4 N–H and O–H groups in total. The third-order valence-corrected chi connectivity index (χ3v) is 6.09. The topological polar surface area (TPSA) is 175 Å². The van der Waals surface area contributed by atoms with Gasteiger partial charge in [-0.2, -0.15) is 0 Å². The quantitative estimate of drug-likeness (QED) is 0.216. The molecule has 0 aliphatic carbocycles. The number of carbonyl (C=O) groups is 4. The molecule has 14 heteroatoms. The average Bonchev–Trinajstić information content (AvgIpc) is 3.08. The maximum atomic E-state index is 12.4. The largest absolute Gasteiger partial charge is 1.00 e. The van der Waals surface area contributed by atoms with Crippen molar-refractivity contribution in [3.05, 3.63) is 22.3 Å². The van der Waals surface area contributed by atoms with E-state index in [-0.39, 0.29) is 64.0 Å². The summed E-state index contributed by atoms with van der Waals surface area (Å²) in [5.41, 5.74) is 5.38. The number of aromatic nitrogens is 1. The van der Waals surface area contributed by atoms with Gasteiger partial charge in [0, 0.05) is 23.6 Å². The van der Waals surface area contributed by atoms with E-state index < -0.39 is 41.3 Å². The Morgan fingerprint density at radius 2 is 2.21 bits per heavy atom. The van der Waals surface area contributed by atoms with Crippen molar-refractivity contribution in [2.45, 2.75) is 24.4 Å². The van der Waals surface area contributed by atoms with E-state index >= 15 is 0 Å². The van der Waals surface area contributed by atoms with Crippen LogP contribution in [0.4, 0.5) is 5.13 Å². The monoisotopic (exact) mass is 450 g/mol. The van der Waals surface area contributed by atoms with Crippen LogP contribution in [-0.4, -0.2) is 62.5 Å². The van der Waals surface area contributed by atoms with E-state index in [1.54, 1.807) is 0 Å². The summed E-state index contributed by atoms with van der Waals surface area (Å²) in [6, 6.07) is -1.02. The van der Waals surface area contributed by atoms with Crippen LogP contribution in [0.3, 0.4) is 0 Å². The van der Waals surface area contributed by atoms with Crippen LogP contribution in [0.15, 0.2) is 16.7 Å². The van der Waals surface area contributed by atoms with E-state index in [4.69, 9.17) is 10.5 Å². The molecule has 0 aromatic carbocycles. The Labute approximate surface area is 195 Å². The second-order valence-corrected chi connectivity index (χ2v) is 7.92. The Hall–Kier alpha value is -1.64. The summed E-state index contributed by atoms with van der Waals surface area (Å²) in [7, 11) is 0. The third-order valence-electron chi connectivity index (χ3n) is 4.06. The van der Waals surface area contributed by atoms with E-state index in [9.17, 15) is 29.4 Å². The van der Waals surface area contributed by atoms with Gasteiger partial charge in [-0.25, -0.2) is 4.98 Å². The van der Waals surface area contributed by atoms with Gasteiger partial charge in [-0.05, 0) is 0 Å². The van der Waals surface area contributed by atoms with Crippen LogP contribution in [0.1, 0.15) is 18.7 Å². The van der Waals surface area contributed by atoms with Crippen LogP contribution in [0.5, 0.6) is 0 Å². The van der Waals surface area contributed by atoms with Crippen molar-refractivity contribution in [1.82, 2.24) is 15.2 Å². The van der Waals surface area contributed by atoms with Crippen LogP contribution in [0.25, 0.3) is 0 Å². The van der Waals surface area contributed by atoms with E-state index in [1.165, 1.54) is 24.1 Å². The molecule has 3 rings (SSSR count). The van der Waals surface area contributed by atoms with Gasteiger partial charge < -0.3 is 30.8 Å². The molecule has 2 amide bonds. The van der Waals surface area contributed by atoms with E-state index in [0.717, 1.165) is 16.2 Å². The minimum Gasteiger partial charge on any atom is -0.543 e. The Morgan fingerprint density at radius 3 is 2.76 bits per heavy atom. The summed E-state index contributed by atoms with van der Waals surface area (Å²) in [4.78, 5) is 51.9. The molecule has 2 aliphatic rings. The van der Waals surface area contributed by atoms with Gasteiger partial charge in [0.2, 0.25) is 0 Å². The molecular formula is C15H15N4NaO7S2. The molecule has 1 aromatic rings. The molecule has 29 heavy (non-hydrogen) atoms. The first-order valence-electron chi connectivity index (χ1n) is 7.91. The van der Waals surface area contributed by atoms with Gasteiger partial charge in [0.1, 0.15) is 18.0 Å². The third kappa shape index (κ3) is 4.75. The molecule has 0 bridgehead atoms. The number of carboxylic acids is 1. The molecule has 1 saturated heterocycles. The summed E-state index contributed by atoms with van der Waals surface area (Å²) in [5.74, 6) is -3.52. The number of aliphatic hydroxyl groups is 1. The maximum absolute atomic E-state index is 12.4. The van der Waals surface area contributed by atoms with Gasteiger partial charge in [-0.1, -0.05) is 0 Å². The summed E-state index contributed by atoms with van der Waals surface area (Å²) >= 11 is 2.25. The molecule has 0 spiro atoms. The molecule has 150 valence electrons. The van der Waals surface area contributed by atoms with E-state index in [2.05, 4.69) is 10.3 Å². The van der Waals surface area contributed by atoms with Crippen LogP contribution in [0.2, 0.25) is 0 Å². The van der Waals surface area contributed by atoms with Gasteiger partial charge in [0.15, 0.2) is 11.2 Å². The molecule has 1 aromatic heterocycles. The number of ether oxygens (including phenoxy) is 1. The number of aliphatic carboxylic acids is 1. The maximum Gasteiger partial charge on any atom is 1.00 e. The van der Waals surface area contributed by atoms with Gasteiger partial charge in [0.05, 0.1) is 17.4 Å². The number of fused-ring (bicyclic) bond motifs is 1. The number of thiazole rings is 1. The number of hydrogen-bond donors (Lipinski definition) is 3. The molecular weight excluding hydrogens is 435 g/mol. The molecule has 2 aliphatic heterocycles. The number of esters is 1. The number of nitrogens with zero attached hydrogens (tertiary/aromatic N) is 2. The Kier molecular flexibility index (Phi) is 7.70. The van der Waals surface area contributed by atoms with Crippen molar-refractivity contribution in [3.63, 3.8) is 0 Å². The Balaban J connectivity index is 0.00000300. The molecule has 3 heterocycles. The van der Waals surface area contributed by atoms with Gasteiger partial charge in [0.25, 0.3) is 11.8 Å². The van der Waals surface area contributed by atoms with Gasteiger partial charge >= 0.3 is 35.5 Å². The van der Waals surface area contributed by atoms with E-state index in [0.29, 0.717) is 0 Å². The van der Waals surface area contributed by atoms with Crippen molar-refractivity contribution in [2.75, 3.05) is 18.1 Å². The van der Waals surface area contributed by atoms with E-state index in [1.807, 2.05) is 0 Å². The zero-order valence-electron chi connectivity index (χ0n) is 15.4. The number of nitrogen functional groups attached to an aromatic ring is 1. The summed E-state index contributed by atoms with van der Waals surface area (Å²) < 4.78 is 4.82. The summed E-state index contributed by atoms with van der Waals surface area (Å²) in [6.07, 6.45) is -1.61. The fraction of sp³-hybridized carbons (Fsp3) is 0.400. The fourth-order valence-corrected chi connectivity index (χ4v) is 4.67. The standard InChI is InChI=1S/C15H16N4O7S2.Na/c1-5(20)26-2-6-3-27-13-8(12(23)19(13)9(6)14(24)25)18-11(22)10(21)7-4-28-15(16)17-7;/h4,8,10,13,21H,2-3H2,1H3,(H2,16,17)(H,18,22)(H,24,25);/q;+1/p-1/t8-,10?,13-;/m1./s1. The minimum absolute atomic E-state index is 0. The average molecular weight is 450 g/mol. The first-order chi connectivity index (χ1) is 13.2. The summed E-state index contributed by atoms with van der Waals surface area (Å²) in [6.45, 7) is 0.906. The smallest absolute Gasteiger partial charge is 0.543 e. The first-order valence-corrected chi connectivity index (χ1v) is 9.84. The molecule has 1 fully saturated rings. The first kappa shape index (κ1) is 23.6. The molecule has 3 atom stereocenters. The number of hydrogen-bond acceptors (Lipinski definition) is 11. The predicted octanol–water partition coefficient (Wildman–Crippen LogP) is -5.27. The Morgan fingerprint density at radius 1 is 1.52 bits per heavy atom. The number of thioether (sulfide) groups is 1. The number of carbonyl (C=O) groups excluding carboxylic acids is 4. The fourth-order valence-electron chi connectivity index (χ4n) is 2.76. The van der Waals surface area contributed by atoms with Crippen molar-refractivity contribution in [1.29, 1.82) is 0 Å². The van der Waals surface area contributed by atoms with Crippen LogP contribution >= 0.6 is 23.1 Å². The SMILES string of the molecule is CC(=O)OCC1=C(C(=O)[O-])N2C(=O)[C@@H](NC(=O)C(O)c3csc(N)n3)[C@H]2SC1.[Na+]. The zero-order valence-corrected chi connectivity index (χ0v) is 19.0. The van der Waals surface area contributed by atoms with Crippen LogP contribution < -0.4 is 45.7 Å². The minimum atomic E-state index is -1.61. The van der Waals surface area contributed by atoms with Crippen molar-refractivity contribution in [2.24, 2.45) is 0 Å². The van der Waals surface area contributed by atoms with Crippen molar-refractivity contribution >= 4 is 52.0 Å². The number of amides is 2. The number of rotatable bonds is 6. The molecule has 0 radical (unpaired) electrons. The van der Waals surface area contributed by atoms with Crippen LogP contribution in [-0.2, 0) is 23.9 Å². The van der Waals surface area contributed by atoms with Gasteiger partial charge in [-0.3, -0.25) is 19.3 Å². The second kappa shape index (κ2) is 9.45. The second-order valence-electron chi connectivity index (χ2n) is 5.93.